The lowest BCUT2D eigenvalue weighted by Gasteiger charge is -2.47. The molecule has 7 nitrogen and oxygen atoms in total. The van der Waals surface area contributed by atoms with E-state index in [1.165, 1.54) is 12.1 Å². The van der Waals surface area contributed by atoms with Crippen LogP contribution in [0.1, 0.15) is 24.8 Å². The predicted molar refractivity (Wildman–Crippen MR) is 103 cm³/mol. The number of aryl methyl sites for hydroxylation is 1. The Morgan fingerprint density at radius 2 is 2.14 bits per heavy atom. The molecule has 0 radical (unpaired) electrons. The number of hydrogen-bond acceptors (Lipinski definition) is 5. The second-order valence-electron chi connectivity index (χ2n) is 7.31. The van der Waals surface area contributed by atoms with E-state index in [0.717, 1.165) is 23.2 Å². The van der Waals surface area contributed by atoms with E-state index in [1.54, 1.807) is 6.07 Å². The van der Waals surface area contributed by atoms with Crippen molar-refractivity contribution in [1.82, 2.24) is 10.3 Å². The molecule has 1 spiro atoms. The van der Waals surface area contributed by atoms with Crippen LogP contribution in [0.15, 0.2) is 24.3 Å². The summed E-state index contributed by atoms with van der Waals surface area (Å²) in [6.45, 7) is 3.46. The Hall–Kier alpha value is -2.74. The van der Waals surface area contributed by atoms with Crippen LogP contribution >= 0.6 is 0 Å². The number of carboxylic acid groups (broad SMARTS) is 1. The highest BCUT2D eigenvalue weighted by Gasteiger charge is 2.50. The number of rotatable bonds is 1. The number of benzene rings is 1. The molecule has 2 atom stereocenters. The van der Waals surface area contributed by atoms with Crippen LogP contribution in [0.25, 0.3) is 10.9 Å². The number of piperidine rings is 2. The molecule has 0 saturated carbocycles. The highest BCUT2D eigenvalue weighted by molar-refractivity contribution is 5.86. The Morgan fingerprint density at radius 3 is 2.86 bits per heavy atom. The minimum absolute atomic E-state index is 0.0699. The van der Waals surface area contributed by atoms with Crippen molar-refractivity contribution in [1.29, 1.82) is 0 Å². The summed E-state index contributed by atoms with van der Waals surface area (Å²) in [4.78, 5) is 27.5. The first-order chi connectivity index (χ1) is 13.4. The van der Waals surface area contributed by atoms with Crippen LogP contribution in [-0.2, 0) is 9.59 Å². The van der Waals surface area contributed by atoms with Crippen molar-refractivity contribution in [2.45, 2.75) is 32.3 Å². The molecule has 150 valence electrons. The molecule has 2 aromatic rings. The Morgan fingerprint density at radius 1 is 1.39 bits per heavy atom. The molecule has 1 aromatic carbocycles. The van der Waals surface area contributed by atoms with E-state index in [4.69, 9.17) is 9.90 Å². The number of nitrogens with zero attached hydrogens (tertiary/aromatic N) is 2. The van der Waals surface area contributed by atoms with Gasteiger partial charge in [0.25, 0.3) is 6.47 Å². The Bertz CT molecular complexity index is 891. The predicted octanol–water partition coefficient (Wildman–Crippen LogP) is 1.85. The van der Waals surface area contributed by atoms with Crippen LogP contribution in [0.2, 0.25) is 0 Å². The number of amides is 1. The third kappa shape index (κ3) is 3.64. The largest absolute Gasteiger partial charge is 0.483 e. The number of aliphatic hydroxyl groups excluding tert-OH is 1. The lowest BCUT2D eigenvalue weighted by atomic mass is 9.71. The fourth-order valence-corrected chi connectivity index (χ4v) is 4.16. The molecule has 2 aliphatic rings. The molecule has 1 aromatic heterocycles. The fourth-order valence-electron chi connectivity index (χ4n) is 4.16. The van der Waals surface area contributed by atoms with Gasteiger partial charge in [-0.1, -0.05) is 0 Å². The zero-order valence-electron chi connectivity index (χ0n) is 15.7. The second kappa shape index (κ2) is 8.10. The molecule has 28 heavy (non-hydrogen) atoms. The second-order valence-corrected chi connectivity index (χ2v) is 7.31. The smallest absolute Gasteiger partial charge is 0.290 e. The van der Waals surface area contributed by atoms with Gasteiger partial charge in [-0.05, 0) is 49.9 Å². The molecule has 3 heterocycles. The Balaban J connectivity index is 0.000000706. The molecule has 2 saturated heterocycles. The summed E-state index contributed by atoms with van der Waals surface area (Å²) in [5.41, 5.74) is 0.861. The minimum Gasteiger partial charge on any atom is -0.483 e. The van der Waals surface area contributed by atoms with Crippen LogP contribution in [0, 0.1) is 18.2 Å². The van der Waals surface area contributed by atoms with Crippen molar-refractivity contribution in [3.05, 3.63) is 35.6 Å². The van der Waals surface area contributed by atoms with E-state index in [0.29, 0.717) is 38.0 Å². The van der Waals surface area contributed by atoms with Gasteiger partial charge in [0.15, 0.2) is 0 Å². The van der Waals surface area contributed by atoms with Gasteiger partial charge in [0.2, 0.25) is 5.91 Å². The van der Waals surface area contributed by atoms with Gasteiger partial charge in [-0.25, -0.2) is 9.37 Å². The van der Waals surface area contributed by atoms with Crippen LogP contribution in [0.4, 0.5) is 10.2 Å². The van der Waals surface area contributed by atoms with Gasteiger partial charge in [-0.15, -0.1) is 0 Å². The molecule has 2 aliphatic heterocycles. The quantitative estimate of drug-likeness (QED) is 0.644. The van der Waals surface area contributed by atoms with Crippen molar-refractivity contribution >= 4 is 29.1 Å². The highest BCUT2D eigenvalue weighted by Crippen LogP contribution is 2.39. The Labute approximate surface area is 162 Å². The molecule has 0 unspecified atom stereocenters. The SMILES string of the molecule is Cc1cc(N2CC[C@@H](O)[C@@]3(CCCNC3=O)C2)nc2cc(F)ccc12.O=CO. The van der Waals surface area contributed by atoms with Gasteiger partial charge in [0, 0.05) is 31.1 Å². The number of fused-ring (bicyclic) bond motifs is 1. The van der Waals surface area contributed by atoms with Crippen molar-refractivity contribution in [3.63, 3.8) is 0 Å². The van der Waals surface area contributed by atoms with Gasteiger partial charge < -0.3 is 20.4 Å². The molecule has 0 aliphatic carbocycles. The van der Waals surface area contributed by atoms with Crippen molar-refractivity contribution < 1.29 is 24.2 Å². The van der Waals surface area contributed by atoms with E-state index in [1.807, 2.05) is 13.0 Å². The third-order valence-electron chi connectivity index (χ3n) is 5.61. The van der Waals surface area contributed by atoms with Crippen LogP contribution < -0.4 is 10.2 Å². The fraction of sp³-hybridized carbons (Fsp3) is 0.450. The number of pyridine rings is 1. The molecular weight excluding hydrogens is 365 g/mol. The number of anilines is 1. The van der Waals surface area contributed by atoms with E-state index in [-0.39, 0.29) is 18.2 Å². The van der Waals surface area contributed by atoms with Crippen LogP contribution in [-0.4, -0.2) is 53.3 Å². The summed E-state index contributed by atoms with van der Waals surface area (Å²) < 4.78 is 13.6. The average Bonchev–Trinajstić information content (AvgIpc) is 2.66. The monoisotopic (exact) mass is 389 g/mol. The van der Waals surface area contributed by atoms with E-state index >= 15 is 0 Å². The molecule has 0 bridgehead atoms. The highest BCUT2D eigenvalue weighted by atomic mass is 19.1. The maximum atomic E-state index is 13.6. The molecule has 2 fully saturated rings. The summed E-state index contributed by atoms with van der Waals surface area (Å²) in [6.07, 6.45) is 1.43. The zero-order valence-corrected chi connectivity index (χ0v) is 15.7. The molecule has 4 rings (SSSR count). The van der Waals surface area contributed by atoms with Gasteiger partial charge in [-0.3, -0.25) is 9.59 Å². The average molecular weight is 389 g/mol. The third-order valence-corrected chi connectivity index (χ3v) is 5.61. The van der Waals surface area contributed by atoms with Gasteiger partial charge in [0.1, 0.15) is 11.6 Å². The first kappa shape index (κ1) is 20.0. The number of hydrogen-bond donors (Lipinski definition) is 3. The topological polar surface area (TPSA) is 103 Å². The maximum Gasteiger partial charge on any atom is 0.290 e. The minimum atomic E-state index is -0.775. The lowest BCUT2D eigenvalue weighted by Crippen LogP contribution is -2.61. The van der Waals surface area contributed by atoms with Gasteiger partial charge in [-0.2, -0.15) is 0 Å². The first-order valence-corrected chi connectivity index (χ1v) is 9.27. The maximum absolute atomic E-state index is 13.6. The van der Waals surface area contributed by atoms with Crippen LogP contribution in [0.5, 0.6) is 0 Å². The van der Waals surface area contributed by atoms with E-state index < -0.39 is 11.5 Å². The number of carbonyl (C=O) groups is 2. The van der Waals surface area contributed by atoms with E-state index in [9.17, 15) is 14.3 Å². The lowest BCUT2D eigenvalue weighted by molar-refractivity contribution is -0.142. The number of halogens is 1. The molecular formula is C20H24FN3O4. The van der Waals surface area contributed by atoms with Gasteiger partial charge >= 0.3 is 0 Å². The number of aromatic nitrogens is 1. The van der Waals surface area contributed by atoms with Gasteiger partial charge in [0.05, 0.1) is 17.0 Å². The van der Waals surface area contributed by atoms with Crippen molar-refractivity contribution in [2.75, 3.05) is 24.5 Å². The van der Waals surface area contributed by atoms with Crippen LogP contribution in [0.3, 0.4) is 0 Å². The zero-order chi connectivity index (χ0) is 20.3. The molecule has 8 heteroatoms. The van der Waals surface area contributed by atoms with Crippen molar-refractivity contribution in [3.8, 4) is 0 Å². The molecule has 3 N–H and O–H groups in total. The Kier molecular flexibility index (Phi) is 5.79. The first-order valence-electron chi connectivity index (χ1n) is 9.27. The number of nitrogens with one attached hydrogen (secondary N) is 1. The normalized spacial score (nSPS) is 24.5. The summed E-state index contributed by atoms with van der Waals surface area (Å²) in [5.74, 6) is 0.355. The standard InChI is InChI=1S/C19H22FN3O2.CH2O2/c1-12-9-17(22-15-10-13(20)3-4-14(12)15)23-8-5-16(24)19(11-23)6-2-7-21-18(19)25;2-1-3/h3-4,9-10,16,24H,2,5-8,11H2,1H3,(H,21,25);1H,(H,2,3)/t16-,19-;/m1./s1. The number of carbonyl (C=O) groups excluding carboxylic acids is 1. The van der Waals surface area contributed by atoms with Crippen molar-refractivity contribution in [2.24, 2.45) is 5.41 Å². The number of aliphatic hydroxyl groups is 1. The van der Waals surface area contributed by atoms with E-state index in [2.05, 4.69) is 15.2 Å². The molecule has 1 amide bonds. The summed E-state index contributed by atoms with van der Waals surface area (Å²) in [7, 11) is 0. The summed E-state index contributed by atoms with van der Waals surface area (Å²) in [6, 6.07) is 6.60. The summed E-state index contributed by atoms with van der Waals surface area (Å²) in [5, 5.41) is 21.2. The summed E-state index contributed by atoms with van der Waals surface area (Å²) >= 11 is 0.